The summed E-state index contributed by atoms with van der Waals surface area (Å²) < 4.78 is 10.3. The Bertz CT molecular complexity index is 672. The number of ketones is 1. The highest BCUT2D eigenvalue weighted by molar-refractivity contribution is 5.83. The molecule has 3 rings (SSSR count). The van der Waals surface area contributed by atoms with Crippen LogP contribution in [0.2, 0.25) is 0 Å². The van der Waals surface area contributed by atoms with E-state index < -0.39 is 0 Å². The molecule has 0 unspecified atom stereocenters. The molecule has 2 aromatic rings. The topological polar surface area (TPSA) is 68.5 Å². The normalized spacial score (nSPS) is 18.4. The van der Waals surface area contributed by atoms with Gasteiger partial charge in [-0.05, 0) is 24.9 Å². The van der Waals surface area contributed by atoms with Crippen molar-refractivity contribution in [3.63, 3.8) is 0 Å². The first kappa shape index (κ1) is 17.8. The first-order valence-electron chi connectivity index (χ1n) is 8.84. The Kier molecular flexibility index (Phi) is 6.30. The lowest BCUT2D eigenvalue weighted by Gasteiger charge is -2.30. The Balaban J connectivity index is 1.52. The molecule has 0 saturated carbocycles. The van der Waals surface area contributed by atoms with Crippen LogP contribution >= 0.6 is 0 Å². The van der Waals surface area contributed by atoms with Crippen molar-refractivity contribution >= 4 is 5.78 Å². The summed E-state index contributed by atoms with van der Waals surface area (Å²) in [7, 11) is 1.65. The van der Waals surface area contributed by atoms with Crippen molar-refractivity contribution in [1.82, 2.24) is 15.0 Å². The number of hydrogen-bond acceptors (Lipinski definition) is 6. The smallest absolute Gasteiger partial charge is 0.240 e. The summed E-state index contributed by atoms with van der Waals surface area (Å²) in [4.78, 5) is 19.2. The second kappa shape index (κ2) is 8.87. The number of aromatic nitrogens is 2. The quantitative estimate of drug-likeness (QED) is 0.732. The van der Waals surface area contributed by atoms with Gasteiger partial charge in [0, 0.05) is 32.4 Å². The average Bonchev–Trinajstić information content (AvgIpc) is 3.08. The van der Waals surface area contributed by atoms with Gasteiger partial charge >= 0.3 is 0 Å². The second-order valence-corrected chi connectivity index (χ2v) is 6.55. The van der Waals surface area contributed by atoms with E-state index in [4.69, 9.17) is 9.26 Å². The van der Waals surface area contributed by atoms with Crippen LogP contribution in [0.15, 0.2) is 34.9 Å². The van der Waals surface area contributed by atoms with Crippen molar-refractivity contribution in [2.45, 2.75) is 32.2 Å². The zero-order chi connectivity index (χ0) is 17.5. The molecule has 1 aliphatic heterocycles. The van der Waals surface area contributed by atoms with Crippen LogP contribution in [0.5, 0.6) is 0 Å². The van der Waals surface area contributed by atoms with E-state index in [0.29, 0.717) is 43.5 Å². The molecule has 1 aromatic heterocycles. The lowest BCUT2D eigenvalue weighted by molar-refractivity contribution is -0.124. The predicted molar refractivity (Wildman–Crippen MR) is 93.0 cm³/mol. The van der Waals surface area contributed by atoms with Gasteiger partial charge in [-0.3, -0.25) is 9.69 Å². The van der Waals surface area contributed by atoms with Crippen LogP contribution in [0, 0.1) is 5.92 Å². The standard InChI is InChI=1S/C19H25N3O3/c1-24-11-9-18-20-19(25-21-18)14-22-10-5-8-16(13-22)17(23)12-15-6-3-2-4-7-15/h2-4,6-7,16H,5,8-14H2,1H3/t16-/m0/s1. The summed E-state index contributed by atoms with van der Waals surface area (Å²) >= 11 is 0. The highest BCUT2D eigenvalue weighted by atomic mass is 16.5. The Hall–Kier alpha value is -2.05. The van der Waals surface area contributed by atoms with Crippen molar-refractivity contribution < 1.29 is 14.1 Å². The van der Waals surface area contributed by atoms with Crippen molar-refractivity contribution in [2.75, 3.05) is 26.8 Å². The van der Waals surface area contributed by atoms with E-state index >= 15 is 0 Å². The summed E-state index contributed by atoms with van der Waals surface area (Å²) in [5.74, 6) is 1.69. The largest absolute Gasteiger partial charge is 0.384 e. The number of benzene rings is 1. The zero-order valence-electron chi connectivity index (χ0n) is 14.7. The molecule has 1 aliphatic rings. The molecule has 0 radical (unpaired) electrons. The van der Waals surface area contributed by atoms with E-state index in [1.165, 1.54) is 0 Å². The number of nitrogens with zero attached hydrogens (tertiary/aromatic N) is 3. The molecule has 1 atom stereocenters. The maximum atomic E-state index is 12.6. The Labute approximate surface area is 148 Å². The van der Waals surface area contributed by atoms with Crippen molar-refractivity contribution in [1.29, 1.82) is 0 Å². The summed E-state index contributed by atoms with van der Waals surface area (Å²) in [5.41, 5.74) is 1.09. The third-order valence-electron chi connectivity index (χ3n) is 4.58. The summed E-state index contributed by atoms with van der Waals surface area (Å²) in [6.07, 6.45) is 3.15. The Morgan fingerprint density at radius 3 is 3.00 bits per heavy atom. The summed E-state index contributed by atoms with van der Waals surface area (Å²) in [6, 6.07) is 9.96. The molecule has 6 nitrogen and oxygen atoms in total. The van der Waals surface area contributed by atoms with Crippen molar-refractivity contribution in [3.05, 3.63) is 47.6 Å². The van der Waals surface area contributed by atoms with Gasteiger partial charge in [-0.25, -0.2) is 0 Å². The van der Waals surface area contributed by atoms with Crippen LogP contribution in [0.4, 0.5) is 0 Å². The van der Waals surface area contributed by atoms with Gasteiger partial charge in [0.05, 0.1) is 13.2 Å². The van der Waals surface area contributed by atoms with Gasteiger partial charge in [0.2, 0.25) is 5.89 Å². The molecule has 6 heteroatoms. The fourth-order valence-electron chi connectivity index (χ4n) is 3.24. The van der Waals surface area contributed by atoms with Gasteiger partial charge < -0.3 is 9.26 Å². The van der Waals surface area contributed by atoms with E-state index in [1.54, 1.807) is 7.11 Å². The van der Waals surface area contributed by atoms with E-state index in [-0.39, 0.29) is 5.92 Å². The fourth-order valence-corrected chi connectivity index (χ4v) is 3.24. The van der Waals surface area contributed by atoms with Gasteiger partial charge in [-0.1, -0.05) is 35.5 Å². The number of ether oxygens (including phenoxy) is 1. The lowest BCUT2D eigenvalue weighted by Crippen LogP contribution is -2.38. The highest BCUT2D eigenvalue weighted by Gasteiger charge is 2.26. The predicted octanol–water partition coefficient (Wildman–Crippen LogP) is 2.28. The molecule has 0 amide bonds. The summed E-state index contributed by atoms with van der Waals surface area (Å²) in [5, 5.41) is 3.97. The number of carbonyl (C=O) groups excluding carboxylic acids is 1. The Morgan fingerprint density at radius 2 is 2.20 bits per heavy atom. The molecule has 0 spiro atoms. The van der Waals surface area contributed by atoms with Gasteiger partial charge in [0.1, 0.15) is 5.78 Å². The maximum Gasteiger partial charge on any atom is 0.240 e. The van der Waals surface area contributed by atoms with Crippen LogP contribution in [0.3, 0.4) is 0 Å². The van der Waals surface area contributed by atoms with Crippen molar-refractivity contribution in [2.24, 2.45) is 5.92 Å². The third-order valence-corrected chi connectivity index (χ3v) is 4.58. The Morgan fingerprint density at radius 1 is 1.36 bits per heavy atom. The monoisotopic (exact) mass is 343 g/mol. The van der Waals surface area contributed by atoms with E-state index in [0.717, 1.165) is 31.5 Å². The lowest BCUT2D eigenvalue weighted by atomic mass is 9.90. The van der Waals surface area contributed by atoms with Crippen LogP contribution < -0.4 is 0 Å². The molecule has 0 aliphatic carbocycles. The summed E-state index contributed by atoms with van der Waals surface area (Å²) in [6.45, 7) is 2.92. The number of piperidine rings is 1. The number of carbonyl (C=O) groups is 1. The number of methoxy groups -OCH3 is 1. The van der Waals surface area contributed by atoms with Gasteiger partial charge in [0.25, 0.3) is 0 Å². The van der Waals surface area contributed by atoms with Crippen LogP contribution in [0.1, 0.15) is 30.1 Å². The van der Waals surface area contributed by atoms with Crippen LogP contribution in [0.25, 0.3) is 0 Å². The molecule has 134 valence electrons. The molecule has 1 fully saturated rings. The van der Waals surface area contributed by atoms with Gasteiger partial charge in [-0.15, -0.1) is 0 Å². The van der Waals surface area contributed by atoms with Gasteiger partial charge in [0.15, 0.2) is 5.82 Å². The molecule has 1 saturated heterocycles. The molecular weight excluding hydrogens is 318 g/mol. The van der Waals surface area contributed by atoms with Gasteiger partial charge in [-0.2, -0.15) is 4.98 Å². The zero-order valence-corrected chi connectivity index (χ0v) is 14.7. The van der Waals surface area contributed by atoms with Crippen molar-refractivity contribution in [3.8, 4) is 0 Å². The molecule has 0 bridgehead atoms. The minimum atomic E-state index is 0.0878. The second-order valence-electron chi connectivity index (χ2n) is 6.55. The number of rotatable bonds is 8. The third kappa shape index (κ3) is 5.21. The molecule has 2 heterocycles. The average molecular weight is 343 g/mol. The maximum absolute atomic E-state index is 12.6. The van der Waals surface area contributed by atoms with E-state index in [2.05, 4.69) is 15.0 Å². The number of Topliss-reactive ketones (excluding diaryl/α,β-unsaturated/α-hetero) is 1. The fraction of sp³-hybridized carbons (Fsp3) is 0.526. The number of likely N-dealkylation sites (tertiary alicyclic amines) is 1. The molecule has 0 N–H and O–H groups in total. The number of hydrogen-bond donors (Lipinski definition) is 0. The SMILES string of the molecule is COCCc1noc(CN2CCC[C@H](C(=O)Cc3ccccc3)C2)n1. The molecule has 25 heavy (non-hydrogen) atoms. The molecule has 1 aromatic carbocycles. The van der Waals surface area contributed by atoms with Crippen LogP contribution in [-0.4, -0.2) is 47.6 Å². The van der Waals surface area contributed by atoms with Crippen LogP contribution in [-0.2, 0) is 28.9 Å². The minimum absolute atomic E-state index is 0.0878. The highest BCUT2D eigenvalue weighted by Crippen LogP contribution is 2.20. The molecular formula is C19H25N3O3. The van der Waals surface area contributed by atoms with E-state index in [1.807, 2.05) is 30.3 Å². The first-order valence-corrected chi connectivity index (χ1v) is 8.84. The first-order chi connectivity index (χ1) is 12.2. The minimum Gasteiger partial charge on any atom is -0.384 e. The van der Waals surface area contributed by atoms with E-state index in [9.17, 15) is 4.79 Å².